The molecule has 1 aromatic carbocycles. The van der Waals surface area contributed by atoms with Crippen molar-refractivity contribution in [2.75, 3.05) is 20.3 Å². The summed E-state index contributed by atoms with van der Waals surface area (Å²) in [5.41, 5.74) is 1.93. The fourth-order valence-electron chi connectivity index (χ4n) is 1.86. The van der Waals surface area contributed by atoms with Gasteiger partial charge in [0.25, 0.3) is 0 Å². The van der Waals surface area contributed by atoms with Gasteiger partial charge in [-0.2, -0.15) is 0 Å². The molecule has 0 radical (unpaired) electrons. The molecular weight excluding hydrogens is 336 g/mol. The van der Waals surface area contributed by atoms with Gasteiger partial charge in [-0.05, 0) is 25.1 Å². The van der Waals surface area contributed by atoms with E-state index in [1.165, 1.54) is 0 Å². The highest BCUT2D eigenvalue weighted by molar-refractivity contribution is 9.10. The summed E-state index contributed by atoms with van der Waals surface area (Å²) in [6.45, 7) is 4.45. The van der Waals surface area contributed by atoms with Crippen LogP contribution in [0.25, 0.3) is 0 Å². The highest BCUT2D eigenvalue weighted by Crippen LogP contribution is 2.24. The molecule has 5 nitrogen and oxygen atoms in total. The third-order valence-corrected chi connectivity index (χ3v) is 3.36. The van der Waals surface area contributed by atoms with Crippen molar-refractivity contribution in [3.8, 4) is 5.75 Å². The number of ether oxygens (including phenoxy) is 2. The number of benzene rings is 1. The summed E-state index contributed by atoms with van der Waals surface area (Å²) in [6, 6.07) is 7.82. The minimum Gasteiger partial charge on any atom is -0.485 e. The average molecular weight is 355 g/mol. The second kappa shape index (κ2) is 8.17. The number of nitrogens with one attached hydrogen (secondary N) is 1. The van der Waals surface area contributed by atoms with Gasteiger partial charge in [0.2, 0.25) is 0 Å². The molecule has 114 valence electrons. The van der Waals surface area contributed by atoms with Crippen LogP contribution in [0.3, 0.4) is 0 Å². The molecule has 21 heavy (non-hydrogen) atoms. The van der Waals surface area contributed by atoms with Crippen LogP contribution in [0.5, 0.6) is 5.75 Å². The van der Waals surface area contributed by atoms with Crippen LogP contribution >= 0.6 is 15.9 Å². The lowest BCUT2D eigenvalue weighted by molar-refractivity contribution is 0.198. The highest BCUT2D eigenvalue weighted by atomic mass is 79.9. The van der Waals surface area contributed by atoms with E-state index < -0.39 is 0 Å². The maximum absolute atomic E-state index is 5.82. The number of aryl methyl sites for hydroxylation is 1. The molecule has 0 aliphatic rings. The lowest BCUT2D eigenvalue weighted by atomic mass is 10.2. The molecule has 2 rings (SSSR count). The highest BCUT2D eigenvalue weighted by Gasteiger charge is 2.07. The largest absolute Gasteiger partial charge is 0.485 e. The Morgan fingerprint density at radius 1 is 1.33 bits per heavy atom. The fraction of sp³-hybridized carbons (Fsp3) is 0.400. The predicted octanol–water partition coefficient (Wildman–Crippen LogP) is 3.06. The van der Waals surface area contributed by atoms with Gasteiger partial charge in [0.1, 0.15) is 12.4 Å². The average Bonchev–Trinajstić information content (AvgIpc) is 2.88. The zero-order valence-electron chi connectivity index (χ0n) is 12.2. The molecule has 0 aliphatic heterocycles. The molecule has 0 aliphatic carbocycles. The topological polar surface area (TPSA) is 56.5 Å². The summed E-state index contributed by atoms with van der Waals surface area (Å²) < 4.78 is 17.0. The minimum atomic E-state index is 0.369. The molecular formula is C15H19BrN2O3. The van der Waals surface area contributed by atoms with Crippen LogP contribution in [-0.4, -0.2) is 25.4 Å². The van der Waals surface area contributed by atoms with Gasteiger partial charge in [0.15, 0.2) is 5.76 Å². The molecule has 1 heterocycles. The number of hydrogen-bond donors (Lipinski definition) is 1. The van der Waals surface area contributed by atoms with Gasteiger partial charge in [-0.25, -0.2) is 0 Å². The normalized spacial score (nSPS) is 10.8. The predicted molar refractivity (Wildman–Crippen MR) is 83.3 cm³/mol. The second-order valence-corrected chi connectivity index (χ2v) is 5.56. The van der Waals surface area contributed by atoms with Crippen molar-refractivity contribution < 1.29 is 14.0 Å². The summed E-state index contributed by atoms with van der Waals surface area (Å²) in [6.07, 6.45) is 0. The van der Waals surface area contributed by atoms with E-state index in [1.807, 2.05) is 31.2 Å². The first-order valence-electron chi connectivity index (χ1n) is 6.72. The molecule has 0 spiro atoms. The van der Waals surface area contributed by atoms with E-state index in [0.29, 0.717) is 25.5 Å². The van der Waals surface area contributed by atoms with E-state index in [-0.39, 0.29) is 0 Å². The van der Waals surface area contributed by atoms with Crippen LogP contribution in [0.4, 0.5) is 0 Å². The molecule has 0 saturated heterocycles. The molecule has 0 saturated carbocycles. The summed E-state index contributed by atoms with van der Waals surface area (Å²) in [4.78, 5) is 0. The van der Waals surface area contributed by atoms with Crippen LogP contribution in [0, 0.1) is 6.92 Å². The number of halogens is 1. The van der Waals surface area contributed by atoms with Gasteiger partial charge in [-0.15, -0.1) is 0 Å². The Hall–Kier alpha value is -1.37. The monoisotopic (exact) mass is 354 g/mol. The van der Waals surface area contributed by atoms with E-state index in [1.54, 1.807) is 7.11 Å². The third kappa shape index (κ3) is 5.15. The van der Waals surface area contributed by atoms with E-state index in [4.69, 9.17) is 14.0 Å². The summed E-state index contributed by atoms with van der Waals surface area (Å²) in [5.74, 6) is 1.55. The summed E-state index contributed by atoms with van der Waals surface area (Å²) in [5, 5.41) is 7.16. The number of hydrogen-bond acceptors (Lipinski definition) is 5. The first-order valence-corrected chi connectivity index (χ1v) is 7.51. The molecule has 0 atom stereocenters. The Bertz CT molecular complexity index is 572. The zero-order chi connectivity index (χ0) is 15.1. The molecule has 0 unspecified atom stereocenters. The Morgan fingerprint density at radius 2 is 2.19 bits per heavy atom. The molecule has 1 N–H and O–H groups in total. The van der Waals surface area contributed by atoms with Crippen molar-refractivity contribution in [3.05, 3.63) is 45.8 Å². The van der Waals surface area contributed by atoms with Crippen molar-refractivity contribution in [2.24, 2.45) is 0 Å². The second-order valence-electron chi connectivity index (χ2n) is 4.64. The smallest absolute Gasteiger partial charge is 0.174 e. The third-order valence-electron chi connectivity index (χ3n) is 2.87. The number of rotatable bonds is 8. The maximum Gasteiger partial charge on any atom is 0.174 e. The Labute approximate surface area is 132 Å². The summed E-state index contributed by atoms with van der Waals surface area (Å²) in [7, 11) is 1.69. The molecule has 0 amide bonds. The molecule has 1 aromatic heterocycles. The van der Waals surface area contributed by atoms with E-state index >= 15 is 0 Å². The summed E-state index contributed by atoms with van der Waals surface area (Å²) >= 11 is 3.48. The zero-order valence-corrected chi connectivity index (χ0v) is 13.8. The maximum atomic E-state index is 5.82. The quantitative estimate of drug-likeness (QED) is 0.738. The van der Waals surface area contributed by atoms with Crippen molar-refractivity contribution in [3.63, 3.8) is 0 Å². The first kappa shape index (κ1) is 16.0. The van der Waals surface area contributed by atoms with Crippen LogP contribution < -0.4 is 10.1 Å². The van der Waals surface area contributed by atoms with Crippen LogP contribution in [0.1, 0.15) is 17.0 Å². The lowest BCUT2D eigenvalue weighted by Gasteiger charge is -2.12. The SMILES string of the molecule is COCCNCc1cc(Br)ccc1OCc1cc(C)no1. The fourth-order valence-corrected chi connectivity index (χ4v) is 2.27. The Morgan fingerprint density at radius 3 is 2.90 bits per heavy atom. The minimum absolute atomic E-state index is 0.369. The molecule has 2 aromatic rings. The van der Waals surface area contributed by atoms with Gasteiger partial charge in [0, 0.05) is 36.3 Å². The van der Waals surface area contributed by atoms with Crippen molar-refractivity contribution >= 4 is 15.9 Å². The van der Waals surface area contributed by atoms with Crippen molar-refractivity contribution in [1.82, 2.24) is 10.5 Å². The van der Waals surface area contributed by atoms with Gasteiger partial charge >= 0.3 is 0 Å². The van der Waals surface area contributed by atoms with Gasteiger partial charge in [0.05, 0.1) is 12.3 Å². The van der Waals surface area contributed by atoms with Crippen LogP contribution in [0.15, 0.2) is 33.3 Å². The molecule has 0 fully saturated rings. The molecule has 0 bridgehead atoms. The van der Waals surface area contributed by atoms with Crippen molar-refractivity contribution in [2.45, 2.75) is 20.1 Å². The van der Waals surface area contributed by atoms with E-state index in [2.05, 4.69) is 26.4 Å². The van der Waals surface area contributed by atoms with Crippen LogP contribution in [-0.2, 0) is 17.9 Å². The lowest BCUT2D eigenvalue weighted by Crippen LogP contribution is -2.19. The van der Waals surface area contributed by atoms with Crippen LogP contribution in [0.2, 0.25) is 0 Å². The number of methoxy groups -OCH3 is 1. The Balaban J connectivity index is 1.97. The number of nitrogens with zero attached hydrogens (tertiary/aromatic N) is 1. The van der Waals surface area contributed by atoms with Crippen molar-refractivity contribution in [1.29, 1.82) is 0 Å². The van der Waals surface area contributed by atoms with Gasteiger partial charge in [-0.3, -0.25) is 0 Å². The van der Waals surface area contributed by atoms with E-state index in [9.17, 15) is 0 Å². The standard InChI is InChI=1S/C15H19BrN2O3/c1-11-7-14(21-18-11)10-20-15-4-3-13(16)8-12(15)9-17-5-6-19-2/h3-4,7-8,17H,5-6,9-10H2,1-2H3. The van der Waals surface area contributed by atoms with Gasteiger partial charge in [-0.1, -0.05) is 21.1 Å². The first-order chi connectivity index (χ1) is 10.2. The van der Waals surface area contributed by atoms with Gasteiger partial charge < -0.3 is 19.3 Å². The Kier molecular flexibility index (Phi) is 6.22. The van der Waals surface area contributed by atoms with E-state index in [0.717, 1.165) is 28.0 Å². The molecule has 6 heteroatoms. The number of aromatic nitrogens is 1.